The molecular weight excluding hydrogens is 388 g/mol. The molecule has 3 rings (SSSR count). The van der Waals surface area contributed by atoms with E-state index in [0.29, 0.717) is 28.3 Å². The summed E-state index contributed by atoms with van der Waals surface area (Å²) in [6, 6.07) is 13.5. The maximum atomic E-state index is 12.4. The number of carbonyl (C=O) groups is 1. The van der Waals surface area contributed by atoms with Crippen LogP contribution < -0.4 is 14.8 Å². The van der Waals surface area contributed by atoms with E-state index in [-0.39, 0.29) is 11.7 Å². The molecule has 7 nitrogen and oxygen atoms in total. The second-order valence-electron chi connectivity index (χ2n) is 6.67. The molecule has 29 heavy (non-hydrogen) atoms. The summed E-state index contributed by atoms with van der Waals surface area (Å²) in [5, 5.41) is 11.6. The summed E-state index contributed by atoms with van der Waals surface area (Å²) in [4.78, 5) is 12.4. The standard InChI is InChI=1S/C21H24N4O3S/c1-14(2)15-5-7-17(8-6-15)25-13-22-24-21(25)29-12-20(26)23-16-9-18(27-3)11-19(10-16)28-4/h5-11,13-14H,12H2,1-4H3,(H,23,26). The number of benzene rings is 2. The Morgan fingerprint density at radius 1 is 1.10 bits per heavy atom. The molecule has 0 bridgehead atoms. The number of anilines is 1. The molecule has 1 aromatic heterocycles. The normalized spacial score (nSPS) is 10.8. The van der Waals surface area contributed by atoms with Crippen molar-refractivity contribution in [2.45, 2.75) is 24.9 Å². The number of carbonyl (C=O) groups excluding carboxylic acids is 1. The molecule has 0 aliphatic heterocycles. The molecule has 0 radical (unpaired) electrons. The van der Waals surface area contributed by atoms with Gasteiger partial charge in [-0.15, -0.1) is 10.2 Å². The van der Waals surface area contributed by atoms with E-state index in [1.165, 1.54) is 17.3 Å². The summed E-state index contributed by atoms with van der Waals surface area (Å²) in [5.41, 5.74) is 2.83. The third-order valence-corrected chi connectivity index (χ3v) is 5.27. The maximum Gasteiger partial charge on any atom is 0.234 e. The summed E-state index contributed by atoms with van der Waals surface area (Å²) in [5.74, 6) is 1.73. The van der Waals surface area contributed by atoms with Gasteiger partial charge in [0.2, 0.25) is 5.91 Å². The number of nitrogens with zero attached hydrogens (tertiary/aromatic N) is 3. The molecule has 0 saturated carbocycles. The molecule has 152 valence electrons. The Kier molecular flexibility index (Phi) is 6.77. The van der Waals surface area contributed by atoms with Gasteiger partial charge in [-0.2, -0.15) is 0 Å². The predicted octanol–water partition coefficient (Wildman–Crippen LogP) is 4.14. The number of ether oxygens (including phenoxy) is 2. The zero-order chi connectivity index (χ0) is 20.8. The fourth-order valence-corrected chi connectivity index (χ4v) is 3.46. The zero-order valence-corrected chi connectivity index (χ0v) is 17.7. The Morgan fingerprint density at radius 2 is 1.76 bits per heavy atom. The van der Waals surface area contributed by atoms with E-state index in [4.69, 9.17) is 9.47 Å². The molecular formula is C21H24N4O3S. The number of amides is 1. The van der Waals surface area contributed by atoms with Gasteiger partial charge in [-0.3, -0.25) is 9.36 Å². The van der Waals surface area contributed by atoms with Crippen LogP contribution in [0.25, 0.3) is 5.69 Å². The number of methoxy groups -OCH3 is 2. The molecule has 0 atom stereocenters. The highest BCUT2D eigenvalue weighted by atomic mass is 32.2. The first-order valence-corrected chi connectivity index (χ1v) is 10.1. The van der Waals surface area contributed by atoms with Gasteiger partial charge in [0.1, 0.15) is 17.8 Å². The Bertz CT molecular complexity index is 948. The molecule has 1 amide bonds. The minimum absolute atomic E-state index is 0.157. The van der Waals surface area contributed by atoms with Crippen LogP contribution in [0, 0.1) is 0 Å². The van der Waals surface area contributed by atoms with Gasteiger partial charge in [0, 0.05) is 29.6 Å². The molecule has 8 heteroatoms. The minimum atomic E-state index is -0.157. The second-order valence-corrected chi connectivity index (χ2v) is 7.61. The van der Waals surface area contributed by atoms with E-state index in [1.54, 1.807) is 38.7 Å². The second kappa shape index (κ2) is 9.47. The number of nitrogens with one attached hydrogen (secondary N) is 1. The first-order valence-electron chi connectivity index (χ1n) is 9.16. The highest BCUT2D eigenvalue weighted by Gasteiger charge is 2.12. The van der Waals surface area contributed by atoms with E-state index in [2.05, 4.69) is 41.5 Å². The van der Waals surface area contributed by atoms with Gasteiger partial charge in [0.15, 0.2) is 5.16 Å². The predicted molar refractivity (Wildman–Crippen MR) is 114 cm³/mol. The summed E-state index contributed by atoms with van der Waals surface area (Å²) in [6.45, 7) is 4.32. The van der Waals surface area contributed by atoms with Gasteiger partial charge in [0.05, 0.1) is 20.0 Å². The number of thioether (sulfide) groups is 1. The van der Waals surface area contributed by atoms with Gasteiger partial charge in [-0.05, 0) is 23.6 Å². The van der Waals surface area contributed by atoms with Crippen LogP contribution in [0.3, 0.4) is 0 Å². The van der Waals surface area contributed by atoms with Crippen molar-refractivity contribution < 1.29 is 14.3 Å². The molecule has 0 aliphatic rings. The molecule has 3 aromatic rings. The van der Waals surface area contributed by atoms with Crippen LogP contribution in [-0.2, 0) is 4.79 Å². The van der Waals surface area contributed by atoms with Crippen LogP contribution in [0.5, 0.6) is 11.5 Å². The number of rotatable bonds is 8. The van der Waals surface area contributed by atoms with E-state index in [9.17, 15) is 4.79 Å². The summed E-state index contributed by atoms with van der Waals surface area (Å²) in [7, 11) is 3.13. The van der Waals surface area contributed by atoms with Crippen LogP contribution in [0.1, 0.15) is 25.3 Å². The molecule has 0 aliphatic carbocycles. The van der Waals surface area contributed by atoms with Gasteiger partial charge in [-0.1, -0.05) is 37.7 Å². The van der Waals surface area contributed by atoms with Crippen molar-refractivity contribution in [2.24, 2.45) is 0 Å². The smallest absolute Gasteiger partial charge is 0.234 e. The Morgan fingerprint density at radius 3 is 2.34 bits per heavy atom. The van der Waals surface area contributed by atoms with Crippen molar-refractivity contribution in [2.75, 3.05) is 25.3 Å². The maximum absolute atomic E-state index is 12.4. The molecule has 0 saturated heterocycles. The van der Waals surface area contributed by atoms with Crippen molar-refractivity contribution in [1.82, 2.24) is 14.8 Å². The number of hydrogen-bond acceptors (Lipinski definition) is 6. The van der Waals surface area contributed by atoms with Gasteiger partial charge < -0.3 is 14.8 Å². The summed E-state index contributed by atoms with van der Waals surface area (Å²) < 4.78 is 12.3. The molecule has 0 unspecified atom stereocenters. The lowest BCUT2D eigenvalue weighted by Crippen LogP contribution is -2.14. The lowest BCUT2D eigenvalue weighted by atomic mass is 10.0. The lowest BCUT2D eigenvalue weighted by molar-refractivity contribution is -0.113. The van der Waals surface area contributed by atoms with Crippen LogP contribution in [0.15, 0.2) is 53.9 Å². The van der Waals surface area contributed by atoms with Crippen LogP contribution in [0.4, 0.5) is 5.69 Å². The number of aromatic nitrogens is 3. The Hall–Kier alpha value is -3.00. The third-order valence-electron chi connectivity index (χ3n) is 4.32. The Balaban J connectivity index is 1.65. The monoisotopic (exact) mass is 412 g/mol. The van der Waals surface area contributed by atoms with Gasteiger partial charge in [-0.25, -0.2) is 0 Å². The van der Waals surface area contributed by atoms with Crippen molar-refractivity contribution in [3.05, 3.63) is 54.4 Å². The fourth-order valence-electron chi connectivity index (χ4n) is 2.73. The van der Waals surface area contributed by atoms with Crippen molar-refractivity contribution >= 4 is 23.4 Å². The van der Waals surface area contributed by atoms with Crippen molar-refractivity contribution in [3.8, 4) is 17.2 Å². The quantitative estimate of drug-likeness (QED) is 0.560. The average molecular weight is 413 g/mol. The SMILES string of the molecule is COc1cc(NC(=O)CSc2nncn2-c2ccc(C(C)C)cc2)cc(OC)c1. The largest absolute Gasteiger partial charge is 0.497 e. The fraction of sp³-hybridized carbons (Fsp3) is 0.286. The van der Waals surface area contributed by atoms with E-state index in [0.717, 1.165) is 5.69 Å². The molecule has 0 spiro atoms. The topological polar surface area (TPSA) is 78.3 Å². The van der Waals surface area contributed by atoms with Crippen LogP contribution >= 0.6 is 11.8 Å². The van der Waals surface area contributed by atoms with Crippen LogP contribution in [-0.4, -0.2) is 40.6 Å². The molecule has 2 aromatic carbocycles. The molecule has 1 N–H and O–H groups in total. The number of hydrogen-bond donors (Lipinski definition) is 1. The first kappa shape index (κ1) is 20.7. The average Bonchev–Trinajstić information content (AvgIpc) is 3.20. The van der Waals surface area contributed by atoms with Crippen LogP contribution in [0.2, 0.25) is 0 Å². The van der Waals surface area contributed by atoms with E-state index < -0.39 is 0 Å². The summed E-state index contributed by atoms with van der Waals surface area (Å²) in [6.07, 6.45) is 1.65. The molecule has 1 heterocycles. The van der Waals surface area contributed by atoms with Gasteiger partial charge in [0.25, 0.3) is 0 Å². The lowest BCUT2D eigenvalue weighted by Gasteiger charge is -2.10. The first-order chi connectivity index (χ1) is 14.0. The third kappa shape index (κ3) is 5.29. The van der Waals surface area contributed by atoms with Crippen molar-refractivity contribution in [3.63, 3.8) is 0 Å². The Labute approximate surface area is 174 Å². The van der Waals surface area contributed by atoms with Gasteiger partial charge >= 0.3 is 0 Å². The van der Waals surface area contributed by atoms with E-state index in [1.807, 2.05) is 16.7 Å². The molecule has 0 fully saturated rings. The highest BCUT2D eigenvalue weighted by Crippen LogP contribution is 2.26. The van der Waals surface area contributed by atoms with Crippen molar-refractivity contribution in [1.29, 1.82) is 0 Å². The minimum Gasteiger partial charge on any atom is -0.497 e. The van der Waals surface area contributed by atoms with E-state index >= 15 is 0 Å². The zero-order valence-electron chi connectivity index (χ0n) is 16.9. The highest BCUT2D eigenvalue weighted by molar-refractivity contribution is 7.99. The summed E-state index contributed by atoms with van der Waals surface area (Å²) >= 11 is 1.32.